The molecule has 5 nitrogen and oxygen atoms in total. The second kappa shape index (κ2) is 5.91. The number of likely N-dealkylation sites (tertiary alicyclic amines) is 1. The largest absolute Gasteiger partial charge is 0.327 e. The number of hydrogen-bond donors (Lipinski definition) is 1. The molecule has 6 heteroatoms. The Labute approximate surface area is 136 Å². The number of anilines is 1. The fourth-order valence-corrected chi connectivity index (χ4v) is 4.14. The van der Waals surface area contributed by atoms with Crippen LogP contribution in [0.2, 0.25) is 0 Å². The number of nitrogens with two attached hydrogens (primary N) is 1. The zero-order chi connectivity index (χ0) is 15.9. The molecule has 0 bridgehead atoms. The first-order chi connectivity index (χ1) is 10.4. The van der Waals surface area contributed by atoms with Crippen molar-refractivity contribution in [3.8, 4) is 0 Å². The van der Waals surface area contributed by atoms with Crippen LogP contribution in [-0.4, -0.2) is 41.0 Å². The van der Waals surface area contributed by atoms with Crippen LogP contribution in [-0.2, 0) is 11.3 Å². The van der Waals surface area contributed by atoms with Gasteiger partial charge in [-0.05, 0) is 24.7 Å². The molecular weight excluding hydrogens is 296 g/mol. The van der Waals surface area contributed by atoms with Gasteiger partial charge >= 0.3 is 0 Å². The molecule has 1 aromatic rings. The van der Waals surface area contributed by atoms with E-state index in [2.05, 4.69) is 24.1 Å². The van der Waals surface area contributed by atoms with Crippen molar-refractivity contribution in [3.05, 3.63) is 11.1 Å². The molecule has 2 aliphatic rings. The van der Waals surface area contributed by atoms with Crippen LogP contribution in [0.1, 0.15) is 45.7 Å². The maximum absolute atomic E-state index is 11.8. The summed E-state index contributed by atoms with van der Waals surface area (Å²) in [6, 6.07) is 0.654. The molecule has 0 radical (unpaired) electrons. The van der Waals surface area contributed by atoms with Gasteiger partial charge in [0.1, 0.15) is 0 Å². The zero-order valence-corrected chi connectivity index (χ0v) is 14.5. The minimum absolute atomic E-state index is 0.105. The second-order valence-corrected chi connectivity index (χ2v) is 8.17. The van der Waals surface area contributed by atoms with Crippen molar-refractivity contribution in [2.75, 3.05) is 18.0 Å². The molecule has 22 heavy (non-hydrogen) atoms. The SMILES string of the molecule is CC(=O)N(c1nc(CN2CCC(N)C(C)(C)C2)cs1)C1CC1. The highest BCUT2D eigenvalue weighted by atomic mass is 32.1. The van der Waals surface area contributed by atoms with E-state index in [-0.39, 0.29) is 17.4 Å². The van der Waals surface area contributed by atoms with E-state index in [4.69, 9.17) is 10.7 Å². The van der Waals surface area contributed by atoms with Gasteiger partial charge in [-0.1, -0.05) is 13.8 Å². The van der Waals surface area contributed by atoms with Gasteiger partial charge in [0.2, 0.25) is 5.91 Å². The molecule has 1 unspecified atom stereocenters. The molecule has 0 aromatic carbocycles. The van der Waals surface area contributed by atoms with Crippen LogP contribution in [0.4, 0.5) is 5.13 Å². The van der Waals surface area contributed by atoms with E-state index in [0.29, 0.717) is 6.04 Å². The van der Waals surface area contributed by atoms with Gasteiger partial charge in [-0.15, -0.1) is 11.3 Å². The highest BCUT2D eigenvalue weighted by Crippen LogP contribution is 2.34. The molecule has 122 valence electrons. The Morgan fingerprint density at radius 1 is 1.50 bits per heavy atom. The van der Waals surface area contributed by atoms with Crippen molar-refractivity contribution >= 4 is 22.4 Å². The van der Waals surface area contributed by atoms with Gasteiger partial charge in [-0.3, -0.25) is 14.6 Å². The van der Waals surface area contributed by atoms with E-state index in [1.165, 1.54) is 0 Å². The molecule has 0 spiro atoms. The van der Waals surface area contributed by atoms with Crippen LogP contribution < -0.4 is 10.6 Å². The summed E-state index contributed by atoms with van der Waals surface area (Å²) >= 11 is 1.59. The van der Waals surface area contributed by atoms with E-state index in [0.717, 1.165) is 49.7 Å². The first kappa shape index (κ1) is 15.9. The van der Waals surface area contributed by atoms with Crippen LogP contribution in [0.15, 0.2) is 5.38 Å². The van der Waals surface area contributed by atoms with Crippen LogP contribution in [0.25, 0.3) is 0 Å². The molecule has 1 aromatic heterocycles. The number of nitrogens with zero attached hydrogens (tertiary/aromatic N) is 3. The molecule has 1 aliphatic heterocycles. The van der Waals surface area contributed by atoms with Crippen LogP contribution >= 0.6 is 11.3 Å². The first-order valence-electron chi connectivity index (χ1n) is 8.09. The number of aromatic nitrogens is 1. The third kappa shape index (κ3) is 3.34. The lowest BCUT2D eigenvalue weighted by atomic mass is 9.80. The molecule has 1 saturated carbocycles. The number of amides is 1. The monoisotopic (exact) mass is 322 g/mol. The lowest BCUT2D eigenvalue weighted by molar-refractivity contribution is -0.116. The smallest absolute Gasteiger partial charge is 0.225 e. The molecule has 1 aliphatic carbocycles. The van der Waals surface area contributed by atoms with Crippen molar-refractivity contribution in [3.63, 3.8) is 0 Å². The summed E-state index contributed by atoms with van der Waals surface area (Å²) in [7, 11) is 0. The quantitative estimate of drug-likeness (QED) is 0.923. The summed E-state index contributed by atoms with van der Waals surface area (Å²) in [6.45, 7) is 8.98. The lowest BCUT2D eigenvalue weighted by Gasteiger charge is -2.42. The molecule has 2 N–H and O–H groups in total. The minimum atomic E-state index is 0.105. The number of piperidine rings is 1. The number of hydrogen-bond acceptors (Lipinski definition) is 5. The maximum atomic E-state index is 11.8. The molecule has 2 heterocycles. The van der Waals surface area contributed by atoms with E-state index in [9.17, 15) is 4.79 Å². The maximum Gasteiger partial charge on any atom is 0.225 e. The molecule has 1 saturated heterocycles. The highest BCUT2D eigenvalue weighted by molar-refractivity contribution is 7.14. The summed E-state index contributed by atoms with van der Waals surface area (Å²) < 4.78 is 0. The number of rotatable bonds is 4. The van der Waals surface area contributed by atoms with E-state index >= 15 is 0 Å². The minimum Gasteiger partial charge on any atom is -0.327 e. The van der Waals surface area contributed by atoms with Crippen LogP contribution in [0.5, 0.6) is 0 Å². The van der Waals surface area contributed by atoms with Crippen LogP contribution in [0.3, 0.4) is 0 Å². The van der Waals surface area contributed by atoms with Crippen molar-refractivity contribution in [1.29, 1.82) is 0 Å². The van der Waals surface area contributed by atoms with E-state index in [1.54, 1.807) is 18.3 Å². The predicted octanol–water partition coefficient (Wildman–Crippen LogP) is 2.22. The van der Waals surface area contributed by atoms with Crippen LogP contribution in [0, 0.1) is 5.41 Å². The normalized spacial score (nSPS) is 25.2. The average Bonchev–Trinajstić information content (AvgIpc) is 3.14. The molecule has 1 amide bonds. The van der Waals surface area contributed by atoms with E-state index < -0.39 is 0 Å². The summed E-state index contributed by atoms with van der Waals surface area (Å²) in [4.78, 5) is 20.8. The van der Waals surface area contributed by atoms with Crippen molar-refractivity contribution in [2.45, 2.75) is 58.7 Å². The Hall–Kier alpha value is -0.980. The average molecular weight is 322 g/mol. The van der Waals surface area contributed by atoms with Gasteiger partial charge in [0.25, 0.3) is 0 Å². The molecule has 1 atom stereocenters. The van der Waals surface area contributed by atoms with Gasteiger partial charge in [0, 0.05) is 44.0 Å². The van der Waals surface area contributed by atoms with Gasteiger partial charge < -0.3 is 5.73 Å². The fourth-order valence-electron chi connectivity index (χ4n) is 3.21. The molecular formula is C16H26N4OS. The Kier molecular flexibility index (Phi) is 4.27. The summed E-state index contributed by atoms with van der Waals surface area (Å²) in [5.41, 5.74) is 7.42. The highest BCUT2D eigenvalue weighted by Gasteiger charge is 2.35. The fraction of sp³-hybridized carbons (Fsp3) is 0.750. The lowest BCUT2D eigenvalue weighted by Crippen LogP contribution is -2.52. The van der Waals surface area contributed by atoms with E-state index in [1.807, 2.05) is 4.90 Å². The number of carbonyl (C=O) groups is 1. The Morgan fingerprint density at radius 2 is 2.23 bits per heavy atom. The topological polar surface area (TPSA) is 62.5 Å². The van der Waals surface area contributed by atoms with Gasteiger partial charge in [-0.25, -0.2) is 4.98 Å². The summed E-state index contributed by atoms with van der Waals surface area (Å²) in [5, 5.41) is 2.95. The number of carbonyl (C=O) groups excluding carboxylic acids is 1. The van der Waals surface area contributed by atoms with Crippen molar-refractivity contribution < 1.29 is 4.79 Å². The van der Waals surface area contributed by atoms with Gasteiger partial charge in [0.15, 0.2) is 5.13 Å². The zero-order valence-electron chi connectivity index (χ0n) is 13.7. The molecule has 3 rings (SSSR count). The third-order valence-corrected chi connectivity index (χ3v) is 5.66. The van der Waals surface area contributed by atoms with Crippen molar-refractivity contribution in [2.24, 2.45) is 11.1 Å². The Morgan fingerprint density at radius 3 is 2.82 bits per heavy atom. The predicted molar refractivity (Wildman–Crippen MR) is 89.9 cm³/mol. The molecule has 2 fully saturated rings. The van der Waals surface area contributed by atoms with Gasteiger partial charge in [-0.2, -0.15) is 0 Å². The van der Waals surface area contributed by atoms with Crippen molar-refractivity contribution in [1.82, 2.24) is 9.88 Å². The first-order valence-corrected chi connectivity index (χ1v) is 8.97. The summed E-state index contributed by atoms with van der Waals surface area (Å²) in [5.74, 6) is 0.105. The standard InChI is InChI=1S/C16H26N4OS/c1-11(21)20(13-4-5-13)15-18-12(9-22-15)8-19-7-6-14(17)16(2,3)10-19/h9,13-14H,4-8,10,17H2,1-3H3. The third-order valence-electron chi connectivity index (χ3n) is 4.77. The Bertz CT molecular complexity index is 552. The van der Waals surface area contributed by atoms with Gasteiger partial charge in [0.05, 0.1) is 5.69 Å². The summed E-state index contributed by atoms with van der Waals surface area (Å²) in [6.07, 6.45) is 3.24. The number of thiazole rings is 1. The second-order valence-electron chi connectivity index (χ2n) is 7.34. The Balaban J connectivity index is 1.66.